The Hall–Kier alpha value is -5.92. The first kappa shape index (κ1) is 31.5. The molecule has 0 fully saturated rings. The summed E-state index contributed by atoms with van der Waals surface area (Å²) >= 11 is 0. The summed E-state index contributed by atoms with van der Waals surface area (Å²) in [5.74, 6) is -0.305. The minimum absolute atomic E-state index is 0.288. The SMILES string of the molecule is N[C@@H](Cc1ccc(-c2cnc(NCc3ccc(-c4ccccc4)cc3)cn2)cc1)C(=O)O.O=Cc1ccc(-c2ccccc2)cc1. The minimum Gasteiger partial charge on any atom is -0.480 e. The van der Waals surface area contributed by atoms with Crippen LogP contribution >= 0.6 is 0 Å². The van der Waals surface area contributed by atoms with Crippen LogP contribution in [0.4, 0.5) is 5.82 Å². The van der Waals surface area contributed by atoms with Crippen molar-refractivity contribution in [3.63, 3.8) is 0 Å². The van der Waals surface area contributed by atoms with Gasteiger partial charge in [0, 0.05) is 17.7 Å². The monoisotopic (exact) mass is 606 g/mol. The normalized spacial score (nSPS) is 11.1. The van der Waals surface area contributed by atoms with Gasteiger partial charge in [-0.2, -0.15) is 0 Å². The van der Waals surface area contributed by atoms with Gasteiger partial charge in [0.05, 0.1) is 18.1 Å². The highest BCUT2D eigenvalue weighted by atomic mass is 16.4. The van der Waals surface area contributed by atoms with E-state index in [0.29, 0.717) is 17.9 Å². The van der Waals surface area contributed by atoms with Gasteiger partial charge in [0.1, 0.15) is 18.1 Å². The van der Waals surface area contributed by atoms with E-state index < -0.39 is 12.0 Å². The van der Waals surface area contributed by atoms with E-state index in [0.717, 1.165) is 34.2 Å². The van der Waals surface area contributed by atoms with Gasteiger partial charge in [-0.25, -0.2) is 4.98 Å². The first-order valence-corrected chi connectivity index (χ1v) is 14.9. The van der Waals surface area contributed by atoms with Crippen LogP contribution < -0.4 is 11.1 Å². The van der Waals surface area contributed by atoms with E-state index in [4.69, 9.17) is 10.8 Å². The molecule has 0 saturated carbocycles. The molecule has 5 aromatic carbocycles. The molecule has 1 atom stereocenters. The van der Waals surface area contributed by atoms with Crippen LogP contribution in [0.25, 0.3) is 33.5 Å². The second-order valence-electron chi connectivity index (χ2n) is 10.7. The summed E-state index contributed by atoms with van der Waals surface area (Å²) in [6.07, 6.45) is 4.58. The Balaban J connectivity index is 0.000000247. The average Bonchev–Trinajstić information content (AvgIpc) is 3.12. The predicted molar refractivity (Wildman–Crippen MR) is 183 cm³/mol. The van der Waals surface area contributed by atoms with Crippen molar-refractivity contribution in [1.29, 1.82) is 0 Å². The van der Waals surface area contributed by atoms with Gasteiger partial charge >= 0.3 is 5.97 Å². The maximum Gasteiger partial charge on any atom is 0.320 e. The van der Waals surface area contributed by atoms with E-state index in [1.807, 2.05) is 84.9 Å². The summed E-state index contributed by atoms with van der Waals surface area (Å²) in [6, 6.07) is 43.0. The molecule has 6 aromatic rings. The van der Waals surface area contributed by atoms with E-state index in [1.165, 1.54) is 16.7 Å². The molecule has 1 heterocycles. The summed E-state index contributed by atoms with van der Waals surface area (Å²) in [5, 5.41) is 12.2. The number of carboxylic acids is 1. The van der Waals surface area contributed by atoms with Crippen molar-refractivity contribution in [2.45, 2.75) is 19.0 Å². The smallest absolute Gasteiger partial charge is 0.320 e. The van der Waals surface area contributed by atoms with Crippen molar-refractivity contribution in [3.05, 3.63) is 163 Å². The quantitative estimate of drug-likeness (QED) is 0.138. The fourth-order valence-electron chi connectivity index (χ4n) is 4.74. The molecule has 7 nitrogen and oxygen atoms in total. The molecular weight excluding hydrogens is 572 g/mol. The molecule has 0 bridgehead atoms. The number of nitrogens with zero attached hydrogens (tertiary/aromatic N) is 2. The Morgan fingerprint density at radius 1 is 0.652 bits per heavy atom. The third-order valence-corrected chi connectivity index (χ3v) is 7.36. The summed E-state index contributed by atoms with van der Waals surface area (Å²) in [4.78, 5) is 30.3. The zero-order chi connectivity index (χ0) is 32.1. The molecule has 7 heteroatoms. The van der Waals surface area contributed by atoms with Crippen LogP contribution in [0.15, 0.2) is 146 Å². The van der Waals surface area contributed by atoms with Gasteiger partial charge in [0.25, 0.3) is 0 Å². The Labute approximate surface area is 268 Å². The molecule has 0 unspecified atom stereocenters. The minimum atomic E-state index is -1.00. The molecule has 0 aliphatic carbocycles. The summed E-state index contributed by atoms with van der Waals surface area (Å²) in [6.45, 7) is 0.654. The molecule has 0 spiro atoms. The maximum atomic E-state index is 10.9. The van der Waals surface area contributed by atoms with Crippen molar-refractivity contribution < 1.29 is 14.7 Å². The Morgan fingerprint density at radius 2 is 1.15 bits per heavy atom. The van der Waals surface area contributed by atoms with E-state index >= 15 is 0 Å². The number of hydrogen-bond donors (Lipinski definition) is 3. The lowest BCUT2D eigenvalue weighted by Crippen LogP contribution is -2.32. The average molecular weight is 607 g/mol. The molecule has 0 saturated heterocycles. The molecule has 6 rings (SSSR count). The third-order valence-electron chi connectivity index (χ3n) is 7.36. The number of benzene rings is 5. The molecule has 46 heavy (non-hydrogen) atoms. The lowest BCUT2D eigenvalue weighted by atomic mass is 10.0. The highest BCUT2D eigenvalue weighted by Crippen LogP contribution is 2.21. The molecule has 228 valence electrons. The van der Waals surface area contributed by atoms with E-state index in [1.54, 1.807) is 12.4 Å². The molecule has 1 aromatic heterocycles. The van der Waals surface area contributed by atoms with Crippen molar-refractivity contribution in [3.8, 4) is 33.5 Å². The number of carbonyl (C=O) groups is 2. The van der Waals surface area contributed by atoms with Gasteiger partial charge in [-0.15, -0.1) is 0 Å². The molecule has 0 radical (unpaired) electrons. The topological polar surface area (TPSA) is 118 Å². The van der Waals surface area contributed by atoms with Gasteiger partial charge in [0.2, 0.25) is 0 Å². The van der Waals surface area contributed by atoms with Crippen molar-refractivity contribution in [2.24, 2.45) is 5.73 Å². The molecule has 0 amide bonds. The van der Waals surface area contributed by atoms with Crippen LogP contribution in [0.1, 0.15) is 21.5 Å². The fraction of sp³-hybridized carbons (Fsp3) is 0.0769. The number of carbonyl (C=O) groups excluding carboxylic acids is 1. The fourth-order valence-corrected chi connectivity index (χ4v) is 4.74. The van der Waals surface area contributed by atoms with Gasteiger partial charge in [0.15, 0.2) is 0 Å². The predicted octanol–water partition coefficient (Wildman–Crippen LogP) is 7.54. The number of hydrogen-bond acceptors (Lipinski definition) is 6. The second-order valence-corrected chi connectivity index (χ2v) is 10.7. The Bertz CT molecular complexity index is 1830. The third kappa shape index (κ3) is 8.81. The van der Waals surface area contributed by atoms with Gasteiger partial charge in [-0.1, -0.05) is 133 Å². The van der Waals surface area contributed by atoms with Crippen LogP contribution in [0.5, 0.6) is 0 Å². The second kappa shape index (κ2) is 15.7. The Kier molecular flexibility index (Phi) is 10.8. The number of anilines is 1. The zero-order valence-corrected chi connectivity index (χ0v) is 25.2. The number of rotatable bonds is 10. The molecule has 0 aliphatic heterocycles. The van der Waals surface area contributed by atoms with Gasteiger partial charge in [-0.3, -0.25) is 14.6 Å². The van der Waals surface area contributed by atoms with Crippen LogP contribution in [0.2, 0.25) is 0 Å². The molecular formula is C39H34N4O3. The number of nitrogens with one attached hydrogen (secondary N) is 1. The number of aldehydes is 1. The van der Waals surface area contributed by atoms with E-state index in [-0.39, 0.29) is 6.42 Å². The van der Waals surface area contributed by atoms with Crippen LogP contribution in [-0.4, -0.2) is 33.4 Å². The van der Waals surface area contributed by atoms with Gasteiger partial charge in [-0.05, 0) is 39.8 Å². The number of aromatic nitrogens is 2. The largest absolute Gasteiger partial charge is 0.480 e. The molecule has 4 N–H and O–H groups in total. The van der Waals surface area contributed by atoms with Crippen molar-refractivity contribution in [1.82, 2.24) is 9.97 Å². The first-order chi connectivity index (χ1) is 22.5. The Morgan fingerprint density at radius 3 is 1.65 bits per heavy atom. The van der Waals surface area contributed by atoms with Crippen LogP contribution in [0, 0.1) is 0 Å². The number of aliphatic carboxylic acids is 1. The first-order valence-electron chi connectivity index (χ1n) is 14.9. The summed E-state index contributed by atoms with van der Waals surface area (Å²) < 4.78 is 0. The van der Waals surface area contributed by atoms with Crippen LogP contribution in [-0.2, 0) is 17.8 Å². The van der Waals surface area contributed by atoms with Crippen LogP contribution in [0.3, 0.4) is 0 Å². The van der Waals surface area contributed by atoms with Crippen molar-refractivity contribution >= 4 is 18.1 Å². The number of carboxylic acid groups (broad SMARTS) is 1. The lowest BCUT2D eigenvalue weighted by molar-refractivity contribution is -0.138. The molecule has 0 aliphatic rings. The standard InChI is InChI=1S/C26H24N4O2.C13H10O/c27-23(26(31)32)14-18-6-12-22(13-7-18)24-16-30-25(17-28-24)29-15-19-8-10-21(11-9-19)20-4-2-1-3-5-20;14-10-11-6-8-13(9-7-11)12-4-2-1-3-5-12/h1-13,16-17,23H,14-15,27H2,(H,29,30)(H,31,32);1-10H/t23-;/m0./s1. The summed E-state index contributed by atoms with van der Waals surface area (Å²) in [7, 11) is 0. The summed E-state index contributed by atoms with van der Waals surface area (Å²) in [5.41, 5.74) is 14.7. The van der Waals surface area contributed by atoms with Crippen molar-refractivity contribution in [2.75, 3.05) is 5.32 Å². The highest BCUT2D eigenvalue weighted by molar-refractivity contribution is 5.77. The lowest BCUT2D eigenvalue weighted by Gasteiger charge is -2.09. The zero-order valence-electron chi connectivity index (χ0n) is 25.2. The number of nitrogens with two attached hydrogens (primary N) is 1. The van der Waals surface area contributed by atoms with Gasteiger partial charge < -0.3 is 16.2 Å². The van der Waals surface area contributed by atoms with E-state index in [2.05, 4.69) is 63.8 Å². The van der Waals surface area contributed by atoms with E-state index in [9.17, 15) is 9.59 Å². The highest BCUT2D eigenvalue weighted by Gasteiger charge is 2.12. The maximum absolute atomic E-state index is 10.9.